The Kier molecular flexibility index (Phi) is 6.26. The van der Waals surface area contributed by atoms with E-state index in [0.29, 0.717) is 22.8 Å². The zero-order valence-corrected chi connectivity index (χ0v) is 12.5. The van der Waals surface area contributed by atoms with Gasteiger partial charge in [0.1, 0.15) is 29.5 Å². The van der Waals surface area contributed by atoms with Crippen LogP contribution in [0.25, 0.3) is 0 Å². The third-order valence-corrected chi connectivity index (χ3v) is 2.97. The maximum Gasteiger partial charge on any atom is 0.216 e. The fourth-order valence-corrected chi connectivity index (χ4v) is 1.88. The van der Waals surface area contributed by atoms with Crippen LogP contribution in [-0.4, -0.2) is 50.1 Å². The summed E-state index contributed by atoms with van der Waals surface area (Å²) >= 11 is 0. The van der Waals surface area contributed by atoms with Crippen LogP contribution in [0.5, 0.6) is 17.2 Å². The van der Waals surface area contributed by atoms with E-state index >= 15 is 0 Å². The van der Waals surface area contributed by atoms with Crippen molar-refractivity contribution in [1.82, 2.24) is 5.32 Å². The number of methoxy groups -OCH3 is 3. The molecule has 21 heavy (non-hydrogen) atoms. The van der Waals surface area contributed by atoms with E-state index in [4.69, 9.17) is 14.2 Å². The van der Waals surface area contributed by atoms with Crippen molar-refractivity contribution in [1.29, 1.82) is 0 Å². The first-order valence-electron chi connectivity index (χ1n) is 6.35. The highest BCUT2D eigenvalue weighted by Crippen LogP contribution is 2.39. The summed E-state index contributed by atoms with van der Waals surface area (Å²) in [6.07, 6.45) is -2.49. The minimum absolute atomic E-state index is 0.0885. The summed E-state index contributed by atoms with van der Waals surface area (Å²) in [5, 5.41) is 22.7. The maximum atomic E-state index is 10.9. The Morgan fingerprint density at radius 2 is 1.67 bits per heavy atom. The molecule has 1 amide bonds. The number of benzene rings is 1. The third kappa shape index (κ3) is 4.24. The van der Waals surface area contributed by atoms with Crippen molar-refractivity contribution in [3.8, 4) is 17.2 Å². The van der Waals surface area contributed by atoms with Crippen molar-refractivity contribution < 1.29 is 29.2 Å². The number of aliphatic hydroxyl groups is 2. The van der Waals surface area contributed by atoms with Gasteiger partial charge in [0, 0.05) is 25.6 Å². The molecule has 0 bridgehead atoms. The molecule has 0 aliphatic heterocycles. The quantitative estimate of drug-likeness (QED) is 0.667. The summed E-state index contributed by atoms with van der Waals surface area (Å²) in [6.45, 7) is 1.24. The number of carbonyl (C=O) groups excluding carboxylic acids is 1. The first kappa shape index (κ1) is 17.1. The molecule has 7 heteroatoms. The van der Waals surface area contributed by atoms with Crippen LogP contribution in [-0.2, 0) is 4.79 Å². The van der Waals surface area contributed by atoms with E-state index in [1.807, 2.05) is 0 Å². The third-order valence-electron chi connectivity index (χ3n) is 2.97. The van der Waals surface area contributed by atoms with Gasteiger partial charge in [-0.1, -0.05) is 0 Å². The molecule has 0 saturated heterocycles. The lowest BCUT2D eigenvalue weighted by atomic mass is 10.0. The van der Waals surface area contributed by atoms with Gasteiger partial charge in [0.2, 0.25) is 5.91 Å². The van der Waals surface area contributed by atoms with Gasteiger partial charge in [-0.15, -0.1) is 0 Å². The van der Waals surface area contributed by atoms with Crippen molar-refractivity contribution in [2.75, 3.05) is 27.9 Å². The average Bonchev–Trinajstić information content (AvgIpc) is 2.50. The van der Waals surface area contributed by atoms with Crippen LogP contribution in [0, 0.1) is 0 Å². The zero-order valence-electron chi connectivity index (χ0n) is 12.5. The van der Waals surface area contributed by atoms with Gasteiger partial charge in [-0.3, -0.25) is 4.79 Å². The molecule has 0 radical (unpaired) electrons. The molecule has 0 aliphatic rings. The predicted molar refractivity (Wildman–Crippen MR) is 75.7 cm³/mol. The Balaban J connectivity index is 3.11. The molecular weight excluding hydrogens is 278 g/mol. The number of amides is 1. The molecule has 3 N–H and O–H groups in total. The van der Waals surface area contributed by atoms with Crippen LogP contribution >= 0.6 is 0 Å². The smallest absolute Gasteiger partial charge is 0.216 e. The van der Waals surface area contributed by atoms with E-state index in [1.54, 1.807) is 12.1 Å². The van der Waals surface area contributed by atoms with Gasteiger partial charge in [-0.25, -0.2) is 0 Å². The van der Waals surface area contributed by atoms with Gasteiger partial charge < -0.3 is 29.7 Å². The predicted octanol–water partition coefficient (Wildman–Crippen LogP) is 0.243. The molecule has 0 heterocycles. The summed E-state index contributed by atoms with van der Waals surface area (Å²) in [4.78, 5) is 10.9. The highest BCUT2D eigenvalue weighted by molar-refractivity contribution is 5.72. The molecule has 0 aromatic heterocycles. The summed E-state index contributed by atoms with van der Waals surface area (Å²) in [5.74, 6) is 0.840. The molecule has 2 atom stereocenters. The fourth-order valence-electron chi connectivity index (χ4n) is 1.88. The van der Waals surface area contributed by atoms with Crippen molar-refractivity contribution in [3.63, 3.8) is 0 Å². The standard InChI is InChI=1S/C14H21NO6/c1-8(16)15-7-10(17)14(18)13-11(20-3)5-9(19-2)6-12(13)21-4/h5-6,10,14,17-18H,7H2,1-4H3,(H,15,16). The number of hydrogen-bond donors (Lipinski definition) is 3. The number of hydrogen-bond acceptors (Lipinski definition) is 6. The van der Waals surface area contributed by atoms with Crippen LogP contribution < -0.4 is 19.5 Å². The molecule has 7 nitrogen and oxygen atoms in total. The second-order valence-electron chi connectivity index (χ2n) is 4.39. The number of ether oxygens (including phenoxy) is 3. The second-order valence-corrected chi connectivity index (χ2v) is 4.39. The largest absolute Gasteiger partial charge is 0.496 e. The molecule has 0 spiro atoms. The average molecular weight is 299 g/mol. The van der Waals surface area contributed by atoms with E-state index in [-0.39, 0.29) is 12.5 Å². The Bertz CT molecular complexity index is 465. The van der Waals surface area contributed by atoms with Crippen LogP contribution in [0.1, 0.15) is 18.6 Å². The molecule has 0 saturated carbocycles. The van der Waals surface area contributed by atoms with Crippen LogP contribution in [0.2, 0.25) is 0 Å². The van der Waals surface area contributed by atoms with Gasteiger partial charge in [0.05, 0.1) is 26.9 Å². The monoisotopic (exact) mass is 299 g/mol. The first-order chi connectivity index (χ1) is 9.94. The van der Waals surface area contributed by atoms with Crippen LogP contribution in [0.3, 0.4) is 0 Å². The molecule has 118 valence electrons. The molecule has 0 fully saturated rings. The SMILES string of the molecule is COc1cc(OC)c(C(O)C(O)CNC(C)=O)c(OC)c1. The zero-order chi connectivity index (χ0) is 16.0. The number of carbonyl (C=O) groups is 1. The van der Waals surface area contributed by atoms with Gasteiger partial charge in [-0.05, 0) is 0 Å². The van der Waals surface area contributed by atoms with Crippen LogP contribution in [0.4, 0.5) is 0 Å². The number of aliphatic hydroxyl groups excluding tert-OH is 2. The molecule has 1 aromatic carbocycles. The van der Waals surface area contributed by atoms with Crippen LogP contribution in [0.15, 0.2) is 12.1 Å². The van der Waals surface area contributed by atoms with Gasteiger partial charge in [0.15, 0.2) is 0 Å². The second kappa shape index (κ2) is 7.70. The number of rotatable bonds is 7. The van der Waals surface area contributed by atoms with E-state index in [0.717, 1.165) is 0 Å². The van der Waals surface area contributed by atoms with E-state index in [1.165, 1.54) is 28.3 Å². The van der Waals surface area contributed by atoms with Crippen molar-refractivity contribution >= 4 is 5.91 Å². The molecule has 2 unspecified atom stereocenters. The maximum absolute atomic E-state index is 10.9. The molecular formula is C14H21NO6. The summed E-state index contributed by atoms with van der Waals surface area (Å²) in [7, 11) is 4.37. The summed E-state index contributed by atoms with van der Waals surface area (Å²) in [5.41, 5.74) is 0.290. The highest BCUT2D eigenvalue weighted by atomic mass is 16.5. The molecule has 1 rings (SSSR count). The van der Waals surface area contributed by atoms with Gasteiger partial charge in [-0.2, -0.15) is 0 Å². The lowest BCUT2D eigenvalue weighted by Gasteiger charge is -2.23. The Labute approximate surface area is 123 Å². The Hall–Kier alpha value is -1.99. The van der Waals surface area contributed by atoms with E-state index in [9.17, 15) is 15.0 Å². The summed E-state index contributed by atoms with van der Waals surface area (Å²) in [6, 6.07) is 3.15. The van der Waals surface area contributed by atoms with Gasteiger partial charge in [0.25, 0.3) is 0 Å². The Morgan fingerprint density at radius 1 is 1.14 bits per heavy atom. The topological polar surface area (TPSA) is 97.3 Å². The minimum Gasteiger partial charge on any atom is -0.496 e. The minimum atomic E-state index is -1.28. The number of nitrogens with one attached hydrogen (secondary N) is 1. The normalized spacial score (nSPS) is 13.2. The van der Waals surface area contributed by atoms with Gasteiger partial charge >= 0.3 is 0 Å². The summed E-state index contributed by atoms with van der Waals surface area (Å²) < 4.78 is 15.5. The molecule has 1 aromatic rings. The van der Waals surface area contributed by atoms with Crippen molar-refractivity contribution in [2.24, 2.45) is 0 Å². The highest BCUT2D eigenvalue weighted by Gasteiger charge is 2.26. The van der Waals surface area contributed by atoms with Crippen molar-refractivity contribution in [3.05, 3.63) is 17.7 Å². The fraction of sp³-hybridized carbons (Fsp3) is 0.500. The first-order valence-corrected chi connectivity index (χ1v) is 6.35. The lowest BCUT2D eigenvalue weighted by molar-refractivity contribution is -0.119. The van der Waals surface area contributed by atoms with E-state index in [2.05, 4.69) is 5.32 Å². The van der Waals surface area contributed by atoms with Crippen molar-refractivity contribution in [2.45, 2.75) is 19.1 Å². The molecule has 0 aliphatic carbocycles. The Morgan fingerprint density at radius 3 is 2.05 bits per heavy atom. The lowest BCUT2D eigenvalue weighted by Crippen LogP contribution is -2.34. The van der Waals surface area contributed by atoms with E-state index < -0.39 is 12.2 Å².